The molecule has 12 saturated carbocycles. The lowest BCUT2D eigenvalue weighted by Crippen LogP contribution is -3.43. The first kappa shape index (κ1) is 14.2. The lowest BCUT2D eigenvalue weighted by atomic mass is 8.58. The Hall–Kier alpha value is 0. The average molecular weight is 385 g/mol. The molecular formula is C29H36. The van der Waals surface area contributed by atoms with E-state index in [0.29, 0.717) is 32.5 Å². The van der Waals surface area contributed by atoms with E-state index in [4.69, 9.17) is 0 Å². The zero-order valence-corrected chi connectivity index (χ0v) is 19.7. The van der Waals surface area contributed by atoms with E-state index in [2.05, 4.69) is 62.3 Å². The van der Waals surface area contributed by atoms with Crippen LogP contribution >= 0.6 is 0 Å². The molecule has 19 unspecified atom stereocenters. The van der Waals surface area contributed by atoms with Crippen molar-refractivity contribution in [3.05, 3.63) is 0 Å². The van der Waals surface area contributed by atoms with E-state index in [1.807, 2.05) is 0 Å². The molecule has 29 heavy (non-hydrogen) atoms. The molecule has 19 atom stereocenters. The summed E-state index contributed by atoms with van der Waals surface area (Å²) < 4.78 is 0. The van der Waals surface area contributed by atoms with Gasteiger partial charge in [0.25, 0.3) is 0 Å². The van der Waals surface area contributed by atoms with Gasteiger partial charge in [-0.2, -0.15) is 0 Å². The van der Waals surface area contributed by atoms with Crippen molar-refractivity contribution in [2.24, 2.45) is 106 Å². The Labute approximate surface area is 175 Å². The van der Waals surface area contributed by atoms with E-state index >= 15 is 0 Å². The molecular weight excluding hydrogens is 348 g/mol. The van der Waals surface area contributed by atoms with E-state index in [1.54, 1.807) is 6.42 Å². The normalized spacial score (nSPS) is 107. The highest BCUT2D eigenvalue weighted by Crippen LogP contribution is 3.46. The summed E-state index contributed by atoms with van der Waals surface area (Å²) in [6.07, 6.45) is 1.62. The van der Waals surface area contributed by atoms with Gasteiger partial charge >= 0.3 is 0 Å². The summed E-state index contributed by atoms with van der Waals surface area (Å²) in [6, 6.07) is 0. The van der Waals surface area contributed by atoms with Gasteiger partial charge in [-0.1, -0.05) is 62.3 Å². The molecule has 0 aliphatic heterocycles. The van der Waals surface area contributed by atoms with Gasteiger partial charge < -0.3 is 0 Å². The molecule has 0 aromatic rings. The first-order valence-electron chi connectivity index (χ1n) is 13.4. The van der Waals surface area contributed by atoms with Gasteiger partial charge in [-0.3, -0.25) is 0 Å². The van der Waals surface area contributed by atoms with Crippen LogP contribution in [0.3, 0.4) is 0 Å². The zero-order chi connectivity index (χ0) is 19.7. The van der Waals surface area contributed by atoms with Gasteiger partial charge in [-0.15, -0.1) is 0 Å². The Morgan fingerprint density at radius 2 is 0.931 bits per heavy atom. The number of fused-ring (bicyclic) bond motifs is 6. The van der Waals surface area contributed by atoms with Crippen LogP contribution in [-0.2, 0) is 0 Å². The highest BCUT2D eigenvalue weighted by atomic mass is 15.5. The maximum absolute atomic E-state index is 2.91. The molecule has 0 saturated heterocycles. The van der Waals surface area contributed by atoms with E-state index < -0.39 is 0 Å². The Morgan fingerprint density at radius 3 is 1.48 bits per heavy atom. The summed E-state index contributed by atoms with van der Waals surface area (Å²) >= 11 is 0. The average Bonchev–Trinajstić information content (AvgIpc) is 2.66. The van der Waals surface area contributed by atoms with Gasteiger partial charge in [0.05, 0.1) is 0 Å². The molecule has 0 radical (unpaired) electrons. The summed E-state index contributed by atoms with van der Waals surface area (Å²) in [4.78, 5) is 0. The first-order valence-corrected chi connectivity index (χ1v) is 13.4. The van der Waals surface area contributed by atoms with Crippen molar-refractivity contribution in [3.63, 3.8) is 0 Å². The molecule has 0 amide bonds. The minimum Gasteiger partial charge on any atom is -0.0616 e. The molecule has 0 heteroatoms. The summed E-state index contributed by atoms with van der Waals surface area (Å²) in [5.41, 5.74) is 9.14. The van der Waals surface area contributed by atoms with E-state index in [0.717, 1.165) is 73.9 Å². The second kappa shape index (κ2) is 2.31. The molecule has 0 nitrogen and oxygen atoms in total. The lowest BCUT2D eigenvalue weighted by Gasteiger charge is -3.45. The number of rotatable bonds is 0. The number of hydrogen-bond donors (Lipinski definition) is 0. The van der Waals surface area contributed by atoms with Crippen molar-refractivity contribution in [3.8, 4) is 0 Å². The molecule has 12 fully saturated rings. The second-order valence-electron chi connectivity index (χ2n) is 16.7. The van der Waals surface area contributed by atoms with Crippen molar-refractivity contribution >= 4 is 0 Å². The van der Waals surface area contributed by atoms with Gasteiger partial charge in [0, 0.05) is 0 Å². The highest BCUT2D eigenvalue weighted by Gasteiger charge is 3.44. The van der Waals surface area contributed by atoms with Crippen molar-refractivity contribution in [1.29, 1.82) is 0 Å². The lowest BCUT2D eigenvalue weighted by molar-refractivity contribution is -0.997. The molecule has 12 aliphatic rings. The quantitative estimate of drug-likeness (QED) is 0.490. The fourth-order valence-corrected chi connectivity index (χ4v) is 23.2. The molecule has 0 N–H and O–H groups in total. The summed E-state index contributed by atoms with van der Waals surface area (Å²) in [7, 11) is 0. The molecule has 12 rings (SSSR count). The third-order valence-corrected chi connectivity index (χ3v) is 21.1. The van der Waals surface area contributed by atoms with Crippen LogP contribution < -0.4 is 0 Å². The van der Waals surface area contributed by atoms with Crippen LogP contribution in [0.1, 0.15) is 68.7 Å². The van der Waals surface area contributed by atoms with E-state index in [9.17, 15) is 0 Å². The molecule has 12 aliphatic carbocycles. The Bertz CT molecular complexity index is 1230. The van der Waals surface area contributed by atoms with Crippen LogP contribution in [0.4, 0.5) is 0 Å². The van der Waals surface area contributed by atoms with Gasteiger partial charge in [-0.25, -0.2) is 0 Å². The van der Waals surface area contributed by atoms with Crippen molar-refractivity contribution in [1.82, 2.24) is 0 Å². The standard InChI is InChI=1S/C29H36/c1-11-15-14-10-18(4)22(8)19(5)12(2)16-17-13(3)21(7)23(9)20(11,6)25(15)24(14,18)28(22)26(16,19)27(17,21)29(23,25)28/h11-17H,10H2,1-9H3. The molecule has 0 bridgehead atoms. The third kappa shape index (κ3) is 0.391. The zero-order valence-electron chi connectivity index (χ0n) is 19.7. The largest absolute Gasteiger partial charge is 0.0616 e. The van der Waals surface area contributed by atoms with Crippen LogP contribution in [0.15, 0.2) is 0 Å². The minimum absolute atomic E-state index is 0.670. The predicted octanol–water partition coefficient (Wildman–Crippen LogP) is 5.87. The van der Waals surface area contributed by atoms with Crippen molar-refractivity contribution < 1.29 is 0 Å². The van der Waals surface area contributed by atoms with E-state index in [1.165, 1.54) is 0 Å². The summed E-state index contributed by atoms with van der Waals surface area (Å²) in [6.45, 7) is 25.4. The monoisotopic (exact) mass is 384 g/mol. The second-order valence-corrected chi connectivity index (χ2v) is 16.7. The topological polar surface area (TPSA) is 0 Å². The van der Waals surface area contributed by atoms with Crippen LogP contribution in [0, 0.1) is 106 Å². The van der Waals surface area contributed by atoms with Crippen molar-refractivity contribution in [2.75, 3.05) is 0 Å². The van der Waals surface area contributed by atoms with E-state index in [-0.39, 0.29) is 0 Å². The molecule has 6 spiro atoms. The fraction of sp³-hybridized carbons (Fsp3) is 1.00. The predicted molar refractivity (Wildman–Crippen MR) is 109 cm³/mol. The van der Waals surface area contributed by atoms with Gasteiger partial charge in [0.15, 0.2) is 0 Å². The van der Waals surface area contributed by atoms with Gasteiger partial charge in [0.2, 0.25) is 0 Å². The van der Waals surface area contributed by atoms with Gasteiger partial charge in [-0.05, 0) is 113 Å². The smallest absolute Gasteiger partial charge is 0.00175 e. The molecule has 0 aromatic heterocycles. The molecule has 152 valence electrons. The van der Waals surface area contributed by atoms with Crippen LogP contribution in [0.5, 0.6) is 0 Å². The third-order valence-electron chi connectivity index (χ3n) is 21.1. The van der Waals surface area contributed by atoms with Crippen molar-refractivity contribution in [2.45, 2.75) is 68.7 Å². The Morgan fingerprint density at radius 1 is 0.517 bits per heavy atom. The van der Waals surface area contributed by atoms with Crippen LogP contribution in [0.2, 0.25) is 0 Å². The Balaban J connectivity index is 1.31. The Kier molecular flexibility index (Phi) is 1.13. The SMILES string of the molecule is CC1C2C3C(C)C4(C)C5(C)C6(C)C(C)C7C8CC9(C)C%10(C)C1(C)C21C34C52C76C89C%1012. The molecule has 0 aromatic carbocycles. The fourth-order valence-electron chi connectivity index (χ4n) is 23.2. The summed E-state index contributed by atoms with van der Waals surface area (Å²) in [5.74, 6) is 7.62. The van der Waals surface area contributed by atoms with Crippen LogP contribution in [-0.4, -0.2) is 0 Å². The highest BCUT2D eigenvalue weighted by molar-refractivity contribution is 5.89. The van der Waals surface area contributed by atoms with Crippen LogP contribution in [0.25, 0.3) is 0 Å². The molecule has 0 heterocycles. The first-order chi connectivity index (χ1) is 13.4. The maximum Gasteiger partial charge on any atom is -0.00175 e. The minimum atomic E-state index is 0.670. The van der Waals surface area contributed by atoms with Gasteiger partial charge in [0.1, 0.15) is 0 Å². The maximum atomic E-state index is 2.91. The summed E-state index contributed by atoms with van der Waals surface area (Å²) in [5, 5.41) is 0. The number of hydrogen-bond acceptors (Lipinski definition) is 0.